The molecule has 2 heterocycles. The molecule has 0 radical (unpaired) electrons. The molecular formula is C49H71N5O16. The molecule has 5 amide bonds. The van der Waals surface area contributed by atoms with Gasteiger partial charge in [0.1, 0.15) is 24.1 Å². The van der Waals surface area contributed by atoms with Crippen molar-refractivity contribution >= 4 is 29.5 Å². The molecule has 5 atom stereocenters. The predicted octanol–water partition coefficient (Wildman–Crippen LogP) is 0.0852. The van der Waals surface area contributed by atoms with Crippen LogP contribution in [0.25, 0.3) is 11.1 Å². The molecule has 0 spiro atoms. The summed E-state index contributed by atoms with van der Waals surface area (Å²) in [4.78, 5) is 63.3. The molecule has 0 aromatic heterocycles. The van der Waals surface area contributed by atoms with Crippen molar-refractivity contribution < 1.29 is 77.2 Å². The van der Waals surface area contributed by atoms with Crippen LogP contribution in [0, 0.1) is 5.92 Å². The first-order chi connectivity index (χ1) is 34.0. The summed E-state index contributed by atoms with van der Waals surface area (Å²) in [5, 5.41) is 41.5. The van der Waals surface area contributed by atoms with Crippen LogP contribution < -0.4 is 26.0 Å². The van der Waals surface area contributed by atoms with Crippen molar-refractivity contribution in [2.24, 2.45) is 5.92 Å². The molecule has 21 heteroatoms. The summed E-state index contributed by atoms with van der Waals surface area (Å²) in [5.74, 6) is -0.797. The van der Waals surface area contributed by atoms with Gasteiger partial charge in [-0.25, -0.2) is 0 Å². The number of carbonyl (C=O) groups excluding carboxylic acids is 5. The van der Waals surface area contributed by atoms with E-state index in [-0.39, 0.29) is 99.9 Å². The third-order valence-corrected chi connectivity index (χ3v) is 11.8. The van der Waals surface area contributed by atoms with Gasteiger partial charge in [-0.3, -0.25) is 28.9 Å². The van der Waals surface area contributed by atoms with E-state index in [0.29, 0.717) is 71.4 Å². The fourth-order valence-electron chi connectivity index (χ4n) is 7.82. The number of rotatable bonds is 33. The number of nitrogens with zero attached hydrogens (tertiary/aromatic N) is 1. The predicted molar refractivity (Wildman–Crippen MR) is 252 cm³/mol. The standard InChI is InChI=1S/C49H71N5O16/c1-34-45(59)46(60)47(61)49(70-34)68-30-29-65-21-18-51-41(55)15-20-63-23-25-66-27-28-67-26-24-64-22-19-52-42(56)33-69-40-12-9-37(36-5-3-2-4-6-36)31-39(40)48(62)53-17-16-50-38-10-7-35(8-11-38)32-54-43(57)13-14-44(54)58/h2-6,9,12-14,31,34-35,38,45-47,49-50,59-61H,7-8,10-11,15-30,32-33H2,1H3,(H,51,55)(H,52,56)(H,53,62)/t34-,35?,38?,45-,46+,47+,49+/m0/s1. The van der Waals surface area contributed by atoms with Gasteiger partial charge in [0.15, 0.2) is 12.9 Å². The Morgan fingerprint density at radius 3 is 1.90 bits per heavy atom. The molecule has 0 unspecified atom stereocenters. The second-order valence-electron chi connectivity index (χ2n) is 17.0. The van der Waals surface area contributed by atoms with Crippen molar-refractivity contribution in [1.82, 2.24) is 26.2 Å². The largest absolute Gasteiger partial charge is 0.483 e. The van der Waals surface area contributed by atoms with Gasteiger partial charge in [0.05, 0.1) is 84.3 Å². The lowest BCUT2D eigenvalue weighted by Crippen LogP contribution is -2.57. The third-order valence-electron chi connectivity index (χ3n) is 11.8. The molecule has 388 valence electrons. The zero-order chi connectivity index (χ0) is 49.9. The molecule has 0 bridgehead atoms. The number of aliphatic hydroxyl groups is 3. The van der Waals surface area contributed by atoms with Crippen LogP contribution in [0.15, 0.2) is 60.7 Å². The van der Waals surface area contributed by atoms with Crippen LogP contribution in [-0.4, -0.2) is 199 Å². The number of imide groups is 1. The summed E-state index contributed by atoms with van der Waals surface area (Å²) in [6.45, 7) is 6.27. The van der Waals surface area contributed by atoms with E-state index in [2.05, 4.69) is 21.3 Å². The van der Waals surface area contributed by atoms with Gasteiger partial charge < -0.3 is 74.5 Å². The minimum Gasteiger partial charge on any atom is -0.483 e. The number of ether oxygens (including phenoxy) is 8. The Balaban J connectivity index is 0.830. The highest BCUT2D eigenvalue weighted by Gasteiger charge is 2.42. The number of hydrogen-bond acceptors (Lipinski definition) is 17. The molecule has 2 aromatic carbocycles. The quantitative estimate of drug-likeness (QED) is 0.0369. The highest BCUT2D eigenvalue weighted by molar-refractivity contribution is 6.12. The fourth-order valence-corrected chi connectivity index (χ4v) is 7.82. The first-order valence-electron chi connectivity index (χ1n) is 24.1. The van der Waals surface area contributed by atoms with E-state index in [1.54, 1.807) is 19.1 Å². The van der Waals surface area contributed by atoms with E-state index < -0.39 is 30.7 Å². The van der Waals surface area contributed by atoms with Crippen LogP contribution >= 0.6 is 0 Å². The smallest absolute Gasteiger partial charge is 0.258 e. The van der Waals surface area contributed by atoms with Gasteiger partial charge in [0.2, 0.25) is 5.91 Å². The summed E-state index contributed by atoms with van der Waals surface area (Å²) >= 11 is 0. The van der Waals surface area contributed by atoms with Gasteiger partial charge >= 0.3 is 0 Å². The molecule has 1 saturated carbocycles. The molecule has 7 N–H and O–H groups in total. The zero-order valence-electron chi connectivity index (χ0n) is 40.0. The van der Waals surface area contributed by atoms with Gasteiger partial charge in [-0.1, -0.05) is 36.4 Å². The van der Waals surface area contributed by atoms with Crippen molar-refractivity contribution in [2.75, 3.05) is 112 Å². The minimum atomic E-state index is -1.37. The maximum Gasteiger partial charge on any atom is 0.258 e. The number of aliphatic hydroxyl groups excluding tert-OH is 3. The summed E-state index contributed by atoms with van der Waals surface area (Å²) < 4.78 is 44.0. The summed E-state index contributed by atoms with van der Waals surface area (Å²) in [5.41, 5.74) is 2.08. The Bertz CT molecular complexity index is 1920. The van der Waals surface area contributed by atoms with Crippen LogP contribution in [0.2, 0.25) is 0 Å². The minimum absolute atomic E-state index is 0.0895. The SMILES string of the molecule is C[C@@H]1O[C@@H](OCCOCCNC(=O)CCOCCOCCOCCOCCNC(=O)COc2ccc(-c3ccccc3)cc2C(=O)NCCNC2CCC(CN3C(=O)C=CC3=O)CC2)[C@H](O)[C@H](O)[C@H]1O. The van der Waals surface area contributed by atoms with E-state index in [0.717, 1.165) is 36.8 Å². The highest BCUT2D eigenvalue weighted by Crippen LogP contribution is 2.28. The average molecular weight is 986 g/mol. The molecular weight excluding hydrogens is 915 g/mol. The van der Waals surface area contributed by atoms with Crippen LogP contribution in [0.5, 0.6) is 5.75 Å². The summed E-state index contributed by atoms with van der Waals surface area (Å²) in [6.07, 6.45) is 0.772. The molecule has 2 aromatic rings. The lowest BCUT2D eigenvalue weighted by molar-refractivity contribution is -0.294. The van der Waals surface area contributed by atoms with Gasteiger partial charge in [-0.05, 0) is 61.8 Å². The Kier molecular flexibility index (Phi) is 25.1. The lowest BCUT2D eigenvalue weighted by Gasteiger charge is -2.38. The number of amides is 5. The highest BCUT2D eigenvalue weighted by atomic mass is 16.7. The Morgan fingerprint density at radius 2 is 1.24 bits per heavy atom. The molecule has 70 heavy (non-hydrogen) atoms. The first kappa shape index (κ1) is 56.0. The second kappa shape index (κ2) is 31.4. The number of nitrogens with one attached hydrogen (secondary N) is 4. The average Bonchev–Trinajstić information content (AvgIpc) is 3.69. The van der Waals surface area contributed by atoms with Crippen LogP contribution in [0.4, 0.5) is 0 Å². The van der Waals surface area contributed by atoms with E-state index >= 15 is 0 Å². The Hall–Kier alpha value is -4.91. The van der Waals surface area contributed by atoms with Crippen molar-refractivity contribution in [1.29, 1.82) is 0 Å². The Morgan fingerprint density at radius 1 is 0.643 bits per heavy atom. The van der Waals surface area contributed by atoms with Crippen molar-refractivity contribution in [2.45, 2.75) is 75.8 Å². The van der Waals surface area contributed by atoms with Gasteiger partial charge in [-0.2, -0.15) is 0 Å². The lowest BCUT2D eigenvalue weighted by atomic mass is 9.85. The van der Waals surface area contributed by atoms with Gasteiger partial charge in [0.25, 0.3) is 23.6 Å². The monoisotopic (exact) mass is 985 g/mol. The molecule has 3 aliphatic rings. The second-order valence-corrected chi connectivity index (χ2v) is 17.0. The summed E-state index contributed by atoms with van der Waals surface area (Å²) in [6, 6.07) is 15.2. The molecule has 5 rings (SSSR count). The van der Waals surface area contributed by atoms with Gasteiger partial charge in [-0.15, -0.1) is 0 Å². The fraction of sp³-hybridized carbons (Fsp3) is 0.612. The Labute approximate surface area is 408 Å². The van der Waals surface area contributed by atoms with E-state index in [4.69, 9.17) is 37.9 Å². The molecule has 1 saturated heterocycles. The molecule has 2 aliphatic heterocycles. The van der Waals surface area contributed by atoms with Crippen molar-refractivity contribution in [3.63, 3.8) is 0 Å². The topological polar surface area (TPSA) is 271 Å². The molecule has 2 fully saturated rings. The van der Waals surface area contributed by atoms with Crippen LogP contribution in [0.3, 0.4) is 0 Å². The maximum atomic E-state index is 13.5. The van der Waals surface area contributed by atoms with E-state index in [1.807, 2.05) is 36.4 Å². The normalized spacial score (nSPS) is 22.3. The van der Waals surface area contributed by atoms with Gasteiger partial charge in [0, 0.05) is 57.3 Å². The number of carbonyl (C=O) groups is 5. The molecule has 1 aliphatic carbocycles. The molecule has 21 nitrogen and oxygen atoms in total. The van der Waals surface area contributed by atoms with Crippen LogP contribution in [-0.2, 0) is 52.3 Å². The van der Waals surface area contributed by atoms with Crippen LogP contribution in [0.1, 0.15) is 49.4 Å². The number of hydrogen-bond donors (Lipinski definition) is 7. The zero-order valence-corrected chi connectivity index (χ0v) is 40.0. The third kappa shape index (κ3) is 19.7. The maximum absolute atomic E-state index is 13.5. The van der Waals surface area contributed by atoms with E-state index in [1.165, 1.54) is 17.1 Å². The van der Waals surface area contributed by atoms with Crippen molar-refractivity contribution in [3.05, 3.63) is 66.2 Å². The van der Waals surface area contributed by atoms with E-state index in [9.17, 15) is 39.3 Å². The first-order valence-corrected chi connectivity index (χ1v) is 24.1. The van der Waals surface area contributed by atoms with Crippen molar-refractivity contribution in [3.8, 4) is 16.9 Å². The summed E-state index contributed by atoms with van der Waals surface area (Å²) in [7, 11) is 0. The number of benzene rings is 2.